The Morgan fingerprint density at radius 3 is 3.00 bits per heavy atom. The number of anilines is 1. The number of nitriles is 1. The largest absolute Gasteiger partial charge is 0.347 e. The van der Waals surface area contributed by atoms with E-state index in [4.69, 9.17) is 5.26 Å². The summed E-state index contributed by atoms with van der Waals surface area (Å²) in [5.74, 6) is -0.387. The number of aromatic nitrogens is 1. The van der Waals surface area contributed by atoms with Crippen LogP contribution in [0.3, 0.4) is 0 Å². The Morgan fingerprint density at radius 2 is 2.35 bits per heavy atom. The topological polar surface area (TPSA) is 39.9 Å². The van der Waals surface area contributed by atoms with E-state index in [0.29, 0.717) is 12.1 Å². The number of rotatable bonds is 3. The van der Waals surface area contributed by atoms with Crippen molar-refractivity contribution < 1.29 is 4.39 Å². The standard InChI is InChI=1S/C12H10FN3S/c1-16(12-15-4-5-17-12)8-9-2-3-11(13)6-10(9)7-14/h2-6H,8H2,1H3. The Balaban J connectivity index is 2.22. The second kappa shape index (κ2) is 4.93. The van der Waals surface area contributed by atoms with Crippen molar-refractivity contribution in [2.24, 2.45) is 0 Å². The van der Waals surface area contributed by atoms with Gasteiger partial charge in [0.05, 0.1) is 11.6 Å². The lowest BCUT2D eigenvalue weighted by atomic mass is 10.1. The van der Waals surface area contributed by atoms with Gasteiger partial charge < -0.3 is 4.90 Å². The maximum atomic E-state index is 13.0. The highest BCUT2D eigenvalue weighted by Crippen LogP contribution is 2.19. The molecule has 0 radical (unpaired) electrons. The molecule has 2 rings (SSSR count). The molecule has 0 atom stereocenters. The van der Waals surface area contributed by atoms with Crippen LogP contribution in [0.15, 0.2) is 29.8 Å². The van der Waals surface area contributed by atoms with Crippen molar-refractivity contribution in [2.45, 2.75) is 6.54 Å². The van der Waals surface area contributed by atoms with Gasteiger partial charge in [-0.3, -0.25) is 0 Å². The van der Waals surface area contributed by atoms with E-state index in [1.807, 2.05) is 23.4 Å². The molecule has 0 aliphatic heterocycles. The first-order chi connectivity index (χ1) is 8.20. The molecule has 0 unspecified atom stereocenters. The Morgan fingerprint density at radius 1 is 1.53 bits per heavy atom. The predicted molar refractivity (Wildman–Crippen MR) is 65.3 cm³/mol. The molecule has 1 aromatic carbocycles. The molecular weight excluding hydrogens is 237 g/mol. The summed E-state index contributed by atoms with van der Waals surface area (Å²) in [5.41, 5.74) is 1.17. The van der Waals surface area contributed by atoms with Gasteiger partial charge >= 0.3 is 0 Å². The zero-order valence-electron chi connectivity index (χ0n) is 9.22. The fourth-order valence-corrected chi connectivity index (χ4v) is 2.13. The van der Waals surface area contributed by atoms with E-state index in [1.165, 1.54) is 23.5 Å². The van der Waals surface area contributed by atoms with Crippen molar-refractivity contribution >= 4 is 16.5 Å². The molecule has 1 aromatic heterocycles. The zero-order valence-corrected chi connectivity index (χ0v) is 10.0. The van der Waals surface area contributed by atoms with E-state index in [0.717, 1.165) is 10.7 Å². The molecule has 0 saturated heterocycles. The maximum Gasteiger partial charge on any atom is 0.185 e. The molecule has 1 heterocycles. The summed E-state index contributed by atoms with van der Waals surface area (Å²) in [5, 5.41) is 11.7. The van der Waals surface area contributed by atoms with E-state index in [2.05, 4.69) is 4.98 Å². The summed E-state index contributed by atoms with van der Waals surface area (Å²) < 4.78 is 13.0. The lowest BCUT2D eigenvalue weighted by Crippen LogP contribution is -2.16. The van der Waals surface area contributed by atoms with Gasteiger partial charge in [-0.15, -0.1) is 11.3 Å². The summed E-state index contributed by atoms with van der Waals surface area (Å²) in [6.45, 7) is 0.538. The molecule has 0 aliphatic carbocycles. The molecule has 86 valence electrons. The molecule has 0 N–H and O–H groups in total. The number of thiazole rings is 1. The summed E-state index contributed by atoms with van der Waals surface area (Å²) in [6.07, 6.45) is 1.73. The highest BCUT2D eigenvalue weighted by atomic mass is 32.1. The van der Waals surface area contributed by atoms with Crippen LogP contribution in [0, 0.1) is 17.1 Å². The Bertz CT molecular complexity index is 545. The van der Waals surface area contributed by atoms with Gasteiger partial charge in [0.1, 0.15) is 5.82 Å². The van der Waals surface area contributed by atoms with Gasteiger partial charge in [-0.1, -0.05) is 6.07 Å². The second-order valence-electron chi connectivity index (χ2n) is 3.58. The summed E-state index contributed by atoms with van der Waals surface area (Å²) in [4.78, 5) is 6.10. The van der Waals surface area contributed by atoms with E-state index in [9.17, 15) is 4.39 Å². The monoisotopic (exact) mass is 247 g/mol. The van der Waals surface area contributed by atoms with Crippen LogP contribution in [0.4, 0.5) is 9.52 Å². The molecule has 17 heavy (non-hydrogen) atoms. The van der Waals surface area contributed by atoms with Gasteiger partial charge in [0, 0.05) is 25.2 Å². The lowest BCUT2D eigenvalue weighted by molar-refractivity contribution is 0.626. The smallest absolute Gasteiger partial charge is 0.185 e. The van der Waals surface area contributed by atoms with E-state index in [-0.39, 0.29) is 5.82 Å². The first kappa shape index (κ1) is 11.6. The molecule has 0 amide bonds. The van der Waals surface area contributed by atoms with Gasteiger partial charge in [0.2, 0.25) is 0 Å². The zero-order chi connectivity index (χ0) is 12.3. The van der Waals surface area contributed by atoms with Gasteiger partial charge in [0.15, 0.2) is 5.13 Å². The minimum absolute atomic E-state index is 0.369. The van der Waals surface area contributed by atoms with Crippen LogP contribution >= 0.6 is 11.3 Å². The molecule has 0 spiro atoms. The third-order valence-electron chi connectivity index (χ3n) is 2.35. The van der Waals surface area contributed by atoms with Gasteiger partial charge in [-0.05, 0) is 17.7 Å². The van der Waals surface area contributed by atoms with Crippen LogP contribution in [-0.4, -0.2) is 12.0 Å². The fraction of sp³-hybridized carbons (Fsp3) is 0.167. The maximum absolute atomic E-state index is 13.0. The third-order valence-corrected chi connectivity index (χ3v) is 3.23. The van der Waals surface area contributed by atoms with Crippen molar-refractivity contribution in [2.75, 3.05) is 11.9 Å². The quantitative estimate of drug-likeness (QED) is 0.837. The van der Waals surface area contributed by atoms with Gasteiger partial charge in [0.25, 0.3) is 0 Å². The minimum atomic E-state index is -0.387. The van der Waals surface area contributed by atoms with Crippen LogP contribution in [0.2, 0.25) is 0 Å². The van der Waals surface area contributed by atoms with Gasteiger partial charge in [-0.2, -0.15) is 5.26 Å². The van der Waals surface area contributed by atoms with Crippen molar-refractivity contribution in [1.82, 2.24) is 4.98 Å². The highest BCUT2D eigenvalue weighted by molar-refractivity contribution is 7.13. The van der Waals surface area contributed by atoms with E-state index < -0.39 is 0 Å². The summed E-state index contributed by atoms with van der Waals surface area (Å²) >= 11 is 1.52. The molecular formula is C12H10FN3S. The van der Waals surface area contributed by atoms with Crippen molar-refractivity contribution in [3.63, 3.8) is 0 Å². The second-order valence-corrected chi connectivity index (χ2v) is 4.46. The van der Waals surface area contributed by atoms with Crippen LogP contribution in [-0.2, 0) is 6.54 Å². The Kier molecular flexibility index (Phi) is 3.35. The predicted octanol–water partition coefficient (Wildman–Crippen LogP) is 2.79. The Labute approximate surface area is 103 Å². The first-order valence-electron chi connectivity index (χ1n) is 5.00. The molecule has 0 bridgehead atoms. The van der Waals surface area contributed by atoms with Crippen LogP contribution < -0.4 is 4.90 Å². The minimum Gasteiger partial charge on any atom is -0.347 e. The van der Waals surface area contributed by atoms with Gasteiger partial charge in [-0.25, -0.2) is 9.37 Å². The van der Waals surface area contributed by atoms with Crippen LogP contribution in [0.5, 0.6) is 0 Å². The molecule has 2 aromatic rings. The van der Waals surface area contributed by atoms with E-state index in [1.54, 1.807) is 12.3 Å². The Hall–Kier alpha value is -1.93. The molecule has 0 fully saturated rings. The molecule has 0 saturated carbocycles. The SMILES string of the molecule is CN(Cc1ccc(F)cc1C#N)c1nccs1. The highest BCUT2D eigenvalue weighted by Gasteiger charge is 2.08. The molecule has 0 aliphatic rings. The third kappa shape index (κ3) is 2.60. The number of halogens is 1. The van der Waals surface area contributed by atoms with Crippen molar-refractivity contribution in [3.8, 4) is 6.07 Å². The molecule has 5 heteroatoms. The number of hydrogen-bond donors (Lipinski definition) is 0. The van der Waals surface area contributed by atoms with Crippen LogP contribution in [0.1, 0.15) is 11.1 Å². The fourth-order valence-electron chi connectivity index (χ4n) is 1.52. The number of nitrogens with zero attached hydrogens (tertiary/aromatic N) is 3. The van der Waals surface area contributed by atoms with Crippen molar-refractivity contribution in [1.29, 1.82) is 5.26 Å². The number of hydrogen-bond acceptors (Lipinski definition) is 4. The first-order valence-corrected chi connectivity index (χ1v) is 5.88. The summed E-state index contributed by atoms with van der Waals surface area (Å²) in [6, 6.07) is 6.26. The lowest BCUT2D eigenvalue weighted by Gasteiger charge is -2.16. The average Bonchev–Trinajstić information content (AvgIpc) is 2.85. The normalized spacial score (nSPS) is 9.94. The number of benzene rings is 1. The van der Waals surface area contributed by atoms with E-state index >= 15 is 0 Å². The average molecular weight is 247 g/mol. The summed E-state index contributed by atoms with van der Waals surface area (Å²) in [7, 11) is 1.89. The van der Waals surface area contributed by atoms with Crippen molar-refractivity contribution in [3.05, 3.63) is 46.7 Å². The molecule has 3 nitrogen and oxygen atoms in total. The van der Waals surface area contributed by atoms with Crippen LogP contribution in [0.25, 0.3) is 0 Å².